The molecule has 2 nitrogen and oxygen atoms in total. The van der Waals surface area contributed by atoms with Gasteiger partial charge < -0.3 is 10.2 Å². The second kappa shape index (κ2) is 6.53. The Balaban J connectivity index is 2.74. The van der Waals surface area contributed by atoms with Gasteiger partial charge in [-0.15, -0.1) is 0 Å². The van der Waals surface area contributed by atoms with Crippen LogP contribution < -0.4 is 5.32 Å². The fourth-order valence-corrected chi connectivity index (χ4v) is 2.27. The van der Waals surface area contributed by atoms with Gasteiger partial charge in [-0.05, 0) is 38.9 Å². The molecule has 0 fully saturated rings. The third kappa shape index (κ3) is 4.63. The molecular formula is C17H30N2. The molecule has 19 heavy (non-hydrogen) atoms. The predicted molar refractivity (Wildman–Crippen MR) is 84.5 cm³/mol. The van der Waals surface area contributed by atoms with Crippen LogP contribution in [0.1, 0.15) is 44.9 Å². The van der Waals surface area contributed by atoms with Crippen molar-refractivity contribution < 1.29 is 0 Å². The van der Waals surface area contributed by atoms with Crippen LogP contribution in [0.3, 0.4) is 0 Å². The summed E-state index contributed by atoms with van der Waals surface area (Å²) in [6, 6.07) is 9.77. The first kappa shape index (κ1) is 16.2. The van der Waals surface area contributed by atoms with Gasteiger partial charge in [-0.2, -0.15) is 0 Å². The predicted octanol–water partition coefficient (Wildman–Crippen LogP) is 3.62. The molecule has 0 saturated heterocycles. The van der Waals surface area contributed by atoms with Crippen molar-refractivity contribution in [2.24, 2.45) is 5.41 Å². The summed E-state index contributed by atoms with van der Waals surface area (Å²) in [6.45, 7) is 12.4. The van der Waals surface area contributed by atoms with E-state index in [-0.39, 0.29) is 0 Å². The van der Waals surface area contributed by atoms with E-state index in [1.54, 1.807) is 0 Å². The standard InChI is InChI=1S/C17H30N2/c1-13-8-10-15(11-9-13)16(18-6)12-19(7)14(2)17(3,4)5/h8-11,14,16,18H,12H2,1-7H3. The molecule has 0 amide bonds. The van der Waals surface area contributed by atoms with Crippen molar-refractivity contribution in [3.05, 3.63) is 35.4 Å². The molecule has 1 N–H and O–H groups in total. The van der Waals surface area contributed by atoms with Crippen molar-refractivity contribution in [2.45, 2.75) is 46.7 Å². The SMILES string of the molecule is CNC(CN(C)C(C)C(C)(C)C)c1ccc(C)cc1. The van der Waals surface area contributed by atoms with E-state index in [9.17, 15) is 0 Å². The lowest BCUT2D eigenvalue weighted by atomic mass is 9.87. The molecule has 2 atom stereocenters. The van der Waals surface area contributed by atoms with E-state index in [1.165, 1.54) is 11.1 Å². The Morgan fingerprint density at radius 2 is 1.68 bits per heavy atom. The van der Waals surface area contributed by atoms with Gasteiger partial charge in [0, 0.05) is 18.6 Å². The van der Waals surface area contributed by atoms with Crippen molar-refractivity contribution in [3.8, 4) is 0 Å². The van der Waals surface area contributed by atoms with Gasteiger partial charge in [0.2, 0.25) is 0 Å². The maximum Gasteiger partial charge on any atom is 0.0446 e. The summed E-state index contributed by atoms with van der Waals surface area (Å²) in [4.78, 5) is 2.45. The molecule has 2 unspecified atom stereocenters. The molecule has 2 heteroatoms. The second-order valence-corrected chi connectivity index (χ2v) is 6.73. The number of nitrogens with zero attached hydrogens (tertiary/aromatic N) is 1. The molecule has 0 bridgehead atoms. The fraction of sp³-hybridized carbons (Fsp3) is 0.647. The lowest BCUT2D eigenvalue weighted by molar-refractivity contribution is 0.130. The van der Waals surface area contributed by atoms with Gasteiger partial charge >= 0.3 is 0 Å². The Labute approximate surface area is 119 Å². The van der Waals surface area contributed by atoms with Gasteiger partial charge in [0.25, 0.3) is 0 Å². The van der Waals surface area contributed by atoms with Gasteiger partial charge in [0.15, 0.2) is 0 Å². The number of hydrogen-bond donors (Lipinski definition) is 1. The van der Waals surface area contributed by atoms with Crippen molar-refractivity contribution in [3.63, 3.8) is 0 Å². The first-order valence-electron chi connectivity index (χ1n) is 7.19. The minimum absolute atomic E-state index is 0.306. The normalized spacial score (nSPS) is 15.6. The van der Waals surface area contributed by atoms with E-state index < -0.39 is 0 Å². The Kier molecular flexibility index (Phi) is 5.57. The number of benzene rings is 1. The van der Waals surface area contributed by atoms with E-state index >= 15 is 0 Å². The molecule has 0 saturated carbocycles. The minimum atomic E-state index is 0.306. The van der Waals surface area contributed by atoms with Crippen LogP contribution in [0.4, 0.5) is 0 Å². The number of rotatable bonds is 5. The highest BCUT2D eigenvalue weighted by molar-refractivity contribution is 5.24. The van der Waals surface area contributed by atoms with Crippen molar-refractivity contribution >= 4 is 0 Å². The summed E-state index contributed by atoms with van der Waals surface area (Å²) in [6.07, 6.45) is 0. The maximum atomic E-state index is 3.43. The molecule has 0 heterocycles. The summed E-state index contributed by atoms with van der Waals surface area (Å²) >= 11 is 0. The zero-order chi connectivity index (χ0) is 14.6. The van der Waals surface area contributed by atoms with Crippen LogP contribution in [0, 0.1) is 12.3 Å². The summed E-state index contributed by atoms with van der Waals surface area (Å²) in [7, 11) is 4.26. The van der Waals surface area contributed by atoms with Crippen molar-refractivity contribution in [1.29, 1.82) is 0 Å². The fourth-order valence-electron chi connectivity index (χ4n) is 2.27. The molecule has 0 aliphatic rings. The van der Waals surface area contributed by atoms with Crippen molar-refractivity contribution in [1.82, 2.24) is 10.2 Å². The van der Waals surface area contributed by atoms with Gasteiger partial charge in [0.1, 0.15) is 0 Å². The monoisotopic (exact) mass is 262 g/mol. The van der Waals surface area contributed by atoms with Gasteiger partial charge in [-0.1, -0.05) is 50.6 Å². The molecule has 0 aliphatic carbocycles. The molecule has 0 spiro atoms. The number of hydrogen-bond acceptors (Lipinski definition) is 2. The molecule has 0 radical (unpaired) electrons. The van der Waals surface area contributed by atoms with E-state index in [0.29, 0.717) is 17.5 Å². The average Bonchev–Trinajstić information content (AvgIpc) is 2.34. The van der Waals surface area contributed by atoms with Crippen LogP contribution in [0.15, 0.2) is 24.3 Å². The minimum Gasteiger partial charge on any atom is -0.312 e. The first-order chi connectivity index (χ1) is 8.75. The van der Waals surface area contributed by atoms with Crippen LogP contribution in [0.2, 0.25) is 0 Å². The number of nitrogens with one attached hydrogen (secondary N) is 1. The highest BCUT2D eigenvalue weighted by Gasteiger charge is 2.25. The molecule has 0 aromatic heterocycles. The van der Waals surface area contributed by atoms with Gasteiger partial charge in [0.05, 0.1) is 0 Å². The number of likely N-dealkylation sites (N-methyl/N-ethyl adjacent to an activating group) is 2. The molecule has 1 aromatic rings. The third-order valence-corrected chi connectivity index (χ3v) is 4.21. The quantitative estimate of drug-likeness (QED) is 0.872. The van der Waals surface area contributed by atoms with Gasteiger partial charge in [-0.3, -0.25) is 0 Å². The van der Waals surface area contributed by atoms with E-state index in [0.717, 1.165) is 6.54 Å². The summed E-state index contributed by atoms with van der Waals surface area (Å²) in [5.41, 5.74) is 2.98. The highest BCUT2D eigenvalue weighted by atomic mass is 15.2. The molecule has 1 aromatic carbocycles. The zero-order valence-electron chi connectivity index (χ0n) is 13.6. The Morgan fingerprint density at radius 1 is 1.16 bits per heavy atom. The Bertz CT molecular complexity index is 375. The van der Waals surface area contributed by atoms with Crippen molar-refractivity contribution in [2.75, 3.05) is 20.6 Å². The topological polar surface area (TPSA) is 15.3 Å². The maximum absolute atomic E-state index is 3.43. The third-order valence-electron chi connectivity index (χ3n) is 4.21. The molecule has 1 rings (SSSR count). The van der Waals surface area contributed by atoms with E-state index in [1.807, 2.05) is 7.05 Å². The summed E-state index contributed by atoms with van der Waals surface area (Å²) in [5.74, 6) is 0. The van der Waals surface area contributed by atoms with Crippen LogP contribution >= 0.6 is 0 Å². The molecule has 0 aliphatic heterocycles. The number of aryl methyl sites for hydroxylation is 1. The smallest absolute Gasteiger partial charge is 0.0446 e. The average molecular weight is 262 g/mol. The lowest BCUT2D eigenvalue weighted by Crippen LogP contribution is -2.43. The molecular weight excluding hydrogens is 232 g/mol. The largest absolute Gasteiger partial charge is 0.312 e. The van der Waals surface area contributed by atoms with E-state index in [4.69, 9.17) is 0 Å². The lowest BCUT2D eigenvalue weighted by Gasteiger charge is -2.37. The second-order valence-electron chi connectivity index (χ2n) is 6.73. The Hall–Kier alpha value is -0.860. The van der Waals surface area contributed by atoms with E-state index in [2.05, 4.69) is 76.1 Å². The van der Waals surface area contributed by atoms with Crippen LogP contribution in [0.5, 0.6) is 0 Å². The summed E-state index contributed by atoms with van der Waals surface area (Å²) < 4.78 is 0. The highest BCUT2D eigenvalue weighted by Crippen LogP contribution is 2.25. The zero-order valence-corrected chi connectivity index (χ0v) is 13.6. The molecule has 108 valence electrons. The van der Waals surface area contributed by atoms with Crippen LogP contribution in [0.25, 0.3) is 0 Å². The van der Waals surface area contributed by atoms with Crippen LogP contribution in [-0.2, 0) is 0 Å². The van der Waals surface area contributed by atoms with Gasteiger partial charge in [-0.25, -0.2) is 0 Å². The summed E-state index contributed by atoms with van der Waals surface area (Å²) in [5, 5.41) is 3.43. The van der Waals surface area contributed by atoms with Crippen LogP contribution in [-0.4, -0.2) is 31.6 Å². The Morgan fingerprint density at radius 3 is 2.11 bits per heavy atom. The first-order valence-corrected chi connectivity index (χ1v) is 7.19.